The number of hydrogen-bond donors (Lipinski definition) is 2. The first kappa shape index (κ1) is 18.5. The Morgan fingerprint density at radius 1 is 1.12 bits per heavy atom. The molecule has 2 rings (SSSR count). The van der Waals surface area contributed by atoms with Crippen LogP contribution in [0, 0.1) is 11.6 Å². The molecule has 5 nitrogen and oxygen atoms in total. The Kier molecular flexibility index (Phi) is 5.15. The van der Waals surface area contributed by atoms with Crippen molar-refractivity contribution < 1.29 is 23.0 Å². The number of hydrogen-bond acceptors (Lipinski definition) is 4. The Labute approximate surface area is 144 Å². The van der Waals surface area contributed by atoms with Gasteiger partial charge in [-0.05, 0) is 45.0 Å². The monoisotopic (exact) mass is 350 g/mol. The lowest BCUT2D eigenvalue weighted by molar-refractivity contribution is 0.0636. The molecule has 0 spiro atoms. The topological polar surface area (TPSA) is 73.6 Å². The Morgan fingerprint density at radius 3 is 2.40 bits per heavy atom. The van der Waals surface area contributed by atoms with E-state index in [-0.39, 0.29) is 28.3 Å². The first-order valence-electron chi connectivity index (χ1n) is 7.53. The van der Waals surface area contributed by atoms with Crippen molar-refractivity contribution in [3.8, 4) is 16.9 Å². The second-order valence-electron chi connectivity index (χ2n) is 6.39. The van der Waals surface area contributed by atoms with Gasteiger partial charge in [0.15, 0.2) is 0 Å². The number of nitrogens with one attached hydrogen (secondary N) is 1. The molecule has 0 bridgehead atoms. The second-order valence-corrected chi connectivity index (χ2v) is 6.39. The molecule has 0 radical (unpaired) electrons. The summed E-state index contributed by atoms with van der Waals surface area (Å²) >= 11 is 0. The molecule has 0 atom stereocenters. The van der Waals surface area contributed by atoms with E-state index in [4.69, 9.17) is 15.2 Å². The van der Waals surface area contributed by atoms with Crippen LogP contribution in [-0.2, 0) is 4.74 Å². The summed E-state index contributed by atoms with van der Waals surface area (Å²) in [5.74, 6) is -0.982. The van der Waals surface area contributed by atoms with Crippen LogP contribution in [0.2, 0.25) is 0 Å². The number of rotatable bonds is 3. The number of ether oxygens (including phenoxy) is 2. The average Bonchev–Trinajstić information content (AvgIpc) is 2.49. The molecule has 0 aliphatic rings. The number of nitrogens with two attached hydrogens (primary N) is 1. The summed E-state index contributed by atoms with van der Waals surface area (Å²) in [6, 6.07) is 5.93. The van der Waals surface area contributed by atoms with Gasteiger partial charge in [0.05, 0.1) is 18.5 Å². The molecule has 2 aromatic rings. The molecule has 7 heteroatoms. The molecule has 0 saturated heterocycles. The zero-order valence-corrected chi connectivity index (χ0v) is 14.4. The average molecular weight is 350 g/mol. The predicted molar refractivity (Wildman–Crippen MR) is 92.6 cm³/mol. The van der Waals surface area contributed by atoms with Crippen LogP contribution in [0.1, 0.15) is 20.8 Å². The van der Waals surface area contributed by atoms with E-state index in [2.05, 4.69) is 5.32 Å². The normalized spacial score (nSPS) is 11.1. The molecule has 0 aromatic heterocycles. The Bertz CT molecular complexity index is 802. The third kappa shape index (κ3) is 4.59. The number of nitrogen functional groups attached to an aromatic ring is 1. The van der Waals surface area contributed by atoms with E-state index in [0.717, 1.165) is 18.2 Å². The minimum Gasteiger partial charge on any atom is -0.496 e. The fraction of sp³-hybridized carbons (Fsp3) is 0.278. The van der Waals surface area contributed by atoms with E-state index in [0.29, 0.717) is 0 Å². The number of carbonyl (C=O) groups is 1. The van der Waals surface area contributed by atoms with Crippen molar-refractivity contribution in [3.63, 3.8) is 0 Å². The van der Waals surface area contributed by atoms with E-state index >= 15 is 0 Å². The Hall–Kier alpha value is -2.83. The van der Waals surface area contributed by atoms with Crippen molar-refractivity contribution in [1.82, 2.24) is 0 Å². The minimum atomic E-state index is -0.689. The van der Waals surface area contributed by atoms with Crippen molar-refractivity contribution in [2.75, 3.05) is 18.2 Å². The van der Waals surface area contributed by atoms with Crippen LogP contribution in [0.3, 0.4) is 0 Å². The molecule has 3 N–H and O–H groups in total. The van der Waals surface area contributed by atoms with Crippen molar-refractivity contribution in [3.05, 3.63) is 42.0 Å². The standard InChI is InChI=1S/C18H20F2N2O3/c1-18(2,3)25-17(23)22-15-9-16(24-4)12(8-14(15)21)11-7-10(19)5-6-13(11)20/h5-9H,21H2,1-4H3,(H,22,23). The molecule has 25 heavy (non-hydrogen) atoms. The summed E-state index contributed by atoms with van der Waals surface area (Å²) in [5.41, 5.74) is 5.94. The SMILES string of the molecule is COc1cc(NC(=O)OC(C)(C)C)c(N)cc1-c1cc(F)ccc1F. The molecular weight excluding hydrogens is 330 g/mol. The van der Waals surface area contributed by atoms with Gasteiger partial charge in [-0.3, -0.25) is 5.32 Å². The molecule has 1 amide bonds. The maximum absolute atomic E-state index is 14.0. The summed E-state index contributed by atoms with van der Waals surface area (Å²) < 4.78 is 37.9. The van der Waals surface area contributed by atoms with Gasteiger partial charge in [-0.2, -0.15) is 0 Å². The van der Waals surface area contributed by atoms with Gasteiger partial charge in [0.25, 0.3) is 0 Å². The maximum Gasteiger partial charge on any atom is 0.412 e. The van der Waals surface area contributed by atoms with Gasteiger partial charge in [0, 0.05) is 17.2 Å². The number of anilines is 2. The highest BCUT2D eigenvalue weighted by atomic mass is 19.1. The van der Waals surface area contributed by atoms with Crippen LogP contribution >= 0.6 is 0 Å². The quantitative estimate of drug-likeness (QED) is 0.795. The van der Waals surface area contributed by atoms with Crippen LogP contribution in [0.25, 0.3) is 11.1 Å². The fourth-order valence-corrected chi connectivity index (χ4v) is 2.20. The molecule has 0 aliphatic heterocycles. The zero-order chi connectivity index (χ0) is 18.8. The third-order valence-electron chi connectivity index (χ3n) is 3.23. The Balaban J connectivity index is 2.42. The van der Waals surface area contributed by atoms with Gasteiger partial charge in [-0.15, -0.1) is 0 Å². The molecule has 134 valence electrons. The molecule has 0 fully saturated rings. The van der Waals surface area contributed by atoms with Gasteiger partial charge in [-0.25, -0.2) is 13.6 Å². The van der Waals surface area contributed by atoms with Crippen molar-refractivity contribution in [2.24, 2.45) is 0 Å². The lowest BCUT2D eigenvalue weighted by atomic mass is 10.0. The van der Waals surface area contributed by atoms with Crippen molar-refractivity contribution >= 4 is 17.5 Å². The minimum absolute atomic E-state index is 0.00682. The number of carbonyl (C=O) groups excluding carboxylic acids is 1. The smallest absolute Gasteiger partial charge is 0.412 e. The second kappa shape index (κ2) is 6.96. The summed E-state index contributed by atoms with van der Waals surface area (Å²) in [6.07, 6.45) is -0.689. The Morgan fingerprint density at radius 2 is 1.80 bits per heavy atom. The van der Waals surface area contributed by atoms with Gasteiger partial charge < -0.3 is 15.2 Å². The fourth-order valence-electron chi connectivity index (χ4n) is 2.20. The molecule has 0 saturated carbocycles. The van der Waals surface area contributed by atoms with E-state index in [1.165, 1.54) is 19.2 Å². The van der Waals surface area contributed by atoms with E-state index in [1.54, 1.807) is 20.8 Å². The highest BCUT2D eigenvalue weighted by molar-refractivity contribution is 5.92. The molecule has 0 aliphatic carbocycles. The van der Waals surface area contributed by atoms with Crippen LogP contribution in [0.15, 0.2) is 30.3 Å². The van der Waals surface area contributed by atoms with Crippen LogP contribution in [0.5, 0.6) is 5.75 Å². The largest absolute Gasteiger partial charge is 0.496 e. The molecular formula is C18H20F2N2O3. The summed E-state index contributed by atoms with van der Waals surface area (Å²) in [4.78, 5) is 11.9. The number of halogens is 2. The predicted octanol–water partition coefficient (Wildman–Crippen LogP) is 4.57. The summed E-state index contributed by atoms with van der Waals surface area (Å²) in [6.45, 7) is 5.19. The summed E-state index contributed by atoms with van der Waals surface area (Å²) in [7, 11) is 1.38. The highest BCUT2D eigenvalue weighted by Crippen LogP contribution is 2.38. The van der Waals surface area contributed by atoms with Crippen LogP contribution in [0.4, 0.5) is 25.0 Å². The van der Waals surface area contributed by atoms with Crippen molar-refractivity contribution in [2.45, 2.75) is 26.4 Å². The first-order chi connectivity index (χ1) is 11.6. The van der Waals surface area contributed by atoms with Crippen molar-refractivity contribution in [1.29, 1.82) is 0 Å². The first-order valence-corrected chi connectivity index (χ1v) is 7.53. The highest BCUT2D eigenvalue weighted by Gasteiger charge is 2.19. The zero-order valence-electron chi connectivity index (χ0n) is 14.4. The molecule has 0 heterocycles. The maximum atomic E-state index is 14.0. The van der Waals surface area contributed by atoms with Gasteiger partial charge in [0.2, 0.25) is 0 Å². The number of benzene rings is 2. The summed E-state index contributed by atoms with van der Waals surface area (Å²) in [5, 5.41) is 2.51. The van der Waals surface area contributed by atoms with E-state index < -0.39 is 23.3 Å². The third-order valence-corrected chi connectivity index (χ3v) is 3.23. The van der Waals surface area contributed by atoms with Crippen LogP contribution < -0.4 is 15.8 Å². The van der Waals surface area contributed by atoms with Crippen LogP contribution in [-0.4, -0.2) is 18.8 Å². The number of amides is 1. The van der Waals surface area contributed by atoms with E-state index in [9.17, 15) is 13.6 Å². The lowest BCUT2D eigenvalue weighted by Gasteiger charge is -2.20. The van der Waals surface area contributed by atoms with E-state index in [1.807, 2.05) is 0 Å². The lowest BCUT2D eigenvalue weighted by Crippen LogP contribution is -2.27. The van der Waals surface area contributed by atoms with Gasteiger partial charge >= 0.3 is 6.09 Å². The molecule has 2 aromatic carbocycles. The number of methoxy groups -OCH3 is 1. The molecule has 0 unspecified atom stereocenters. The van der Waals surface area contributed by atoms with Gasteiger partial charge in [0.1, 0.15) is 23.0 Å². The van der Waals surface area contributed by atoms with Gasteiger partial charge in [-0.1, -0.05) is 0 Å².